The number of aryl methyl sites for hydroxylation is 1. The normalized spacial score (nSPS) is 11.1. The number of methoxy groups -OCH3 is 1. The summed E-state index contributed by atoms with van der Waals surface area (Å²) in [5.74, 6) is 0.777. The van der Waals surface area contributed by atoms with Gasteiger partial charge in [-0.05, 0) is 49.2 Å². The fourth-order valence-electron chi connectivity index (χ4n) is 3.43. The Morgan fingerprint density at radius 3 is 2.56 bits per heavy atom. The van der Waals surface area contributed by atoms with Gasteiger partial charge in [0.05, 0.1) is 31.1 Å². The second-order valence-electron chi connectivity index (χ2n) is 6.49. The molecule has 3 heterocycles. The van der Waals surface area contributed by atoms with E-state index in [2.05, 4.69) is 16.5 Å². The van der Waals surface area contributed by atoms with Gasteiger partial charge in [0, 0.05) is 18.1 Å². The molecule has 0 aliphatic carbocycles. The monoisotopic (exact) mass is 359 g/mol. The first-order valence-electron chi connectivity index (χ1n) is 8.75. The van der Waals surface area contributed by atoms with Gasteiger partial charge < -0.3 is 9.30 Å². The fourth-order valence-corrected chi connectivity index (χ4v) is 3.43. The van der Waals surface area contributed by atoms with Gasteiger partial charge in [0.2, 0.25) is 0 Å². The summed E-state index contributed by atoms with van der Waals surface area (Å²) in [4.78, 5) is 8.76. The third-order valence-corrected chi connectivity index (χ3v) is 4.96. The van der Waals surface area contributed by atoms with Crippen molar-refractivity contribution in [1.82, 2.24) is 19.1 Å². The zero-order chi connectivity index (χ0) is 19.0. The minimum absolute atomic E-state index is 0.450. The summed E-state index contributed by atoms with van der Waals surface area (Å²) in [6.45, 7) is 4.68. The lowest BCUT2D eigenvalue weighted by molar-refractivity contribution is 0.413. The van der Waals surface area contributed by atoms with E-state index < -0.39 is 0 Å². The van der Waals surface area contributed by atoms with Gasteiger partial charge in [-0.15, -0.1) is 0 Å². The molecule has 0 amide bonds. The average Bonchev–Trinajstić information content (AvgIpc) is 2.96. The van der Waals surface area contributed by atoms with Crippen LogP contribution in [0.4, 0.5) is 0 Å². The number of para-hydroxylation sites is 2. The average molecular weight is 359 g/mol. The molecule has 4 aromatic rings. The number of hydrogen-bond acceptors (Lipinski definition) is 4. The lowest BCUT2D eigenvalue weighted by Crippen LogP contribution is -2.21. The van der Waals surface area contributed by atoms with Crippen LogP contribution in [0.3, 0.4) is 0 Å². The van der Waals surface area contributed by atoms with Crippen LogP contribution in [-0.2, 0) is 6.54 Å². The van der Waals surface area contributed by atoms with Crippen molar-refractivity contribution in [2.45, 2.75) is 20.4 Å². The molecule has 27 heavy (non-hydrogen) atoms. The van der Waals surface area contributed by atoms with Crippen molar-refractivity contribution in [2.24, 2.45) is 0 Å². The molecular weight excluding hydrogens is 338 g/mol. The van der Waals surface area contributed by atoms with Crippen LogP contribution in [0.25, 0.3) is 16.7 Å². The van der Waals surface area contributed by atoms with Gasteiger partial charge >= 0.3 is 0 Å². The first-order chi connectivity index (χ1) is 13.1. The van der Waals surface area contributed by atoms with Crippen molar-refractivity contribution in [3.63, 3.8) is 0 Å². The van der Waals surface area contributed by atoms with E-state index in [1.165, 1.54) is 0 Å². The SMILES string of the molecule is COc1ccccc1-n1c(C)c(C)c2c(=N)n(Cc3ccncc3)cnc21. The van der Waals surface area contributed by atoms with Gasteiger partial charge in [0.15, 0.2) is 5.65 Å². The topological polar surface area (TPSA) is 68.7 Å². The van der Waals surface area contributed by atoms with Crippen LogP contribution >= 0.6 is 0 Å². The highest BCUT2D eigenvalue weighted by Gasteiger charge is 2.18. The Kier molecular flexibility index (Phi) is 4.24. The molecule has 136 valence electrons. The van der Waals surface area contributed by atoms with Crippen molar-refractivity contribution in [1.29, 1.82) is 5.41 Å². The van der Waals surface area contributed by atoms with E-state index >= 15 is 0 Å². The Morgan fingerprint density at radius 2 is 1.81 bits per heavy atom. The largest absolute Gasteiger partial charge is 0.495 e. The number of benzene rings is 1. The van der Waals surface area contributed by atoms with E-state index in [9.17, 15) is 0 Å². The van der Waals surface area contributed by atoms with E-state index in [0.717, 1.165) is 39.3 Å². The molecule has 1 aromatic carbocycles. The number of fused-ring (bicyclic) bond motifs is 1. The van der Waals surface area contributed by atoms with Crippen molar-refractivity contribution in [3.05, 3.63) is 77.4 Å². The van der Waals surface area contributed by atoms with Crippen molar-refractivity contribution in [2.75, 3.05) is 7.11 Å². The molecule has 1 N–H and O–H groups in total. The molecule has 3 aromatic heterocycles. The quantitative estimate of drug-likeness (QED) is 0.607. The number of ether oxygens (including phenoxy) is 1. The molecule has 6 nitrogen and oxygen atoms in total. The summed E-state index contributed by atoms with van der Waals surface area (Å²) in [6.07, 6.45) is 5.26. The van der Waals surface area contributed by atoms with Gasteiger partial charge in [-0.3, -0.25) is 15.0 Å². The molecule has 0 saturated heterocycles. The third kappa shape index (κ3) is 2.79. The summed E-state index contributed by atoms with van der Waals surface area (Å²) in [5, 5.41) is 9.62. The molecule has 0 aliphatic heterocycles. The van der Waals surface area contributed by atoms with E-state index in [0.29, 0.717) is 12.0 Å². The number of pyridine rings is 1. The van der Waals surface area contributed by atoms with Gasteiger partial charge in [0.25, 0.3) is 0 Å². The fraction of sp³-hybridized carbons (Fsp3) is 0.190. The highest BCUT2D eigenvalue weighted by Crippen LogP contribution is 2.30. The molecule has 0 radical (unpaired) electrons. The van der Waals surface area contributed by atoms with Gasteiger partial charge in [-0.25, -0.2) is 4.98 Å². The predicted molar refractivity (Wildman–Crippen MR) is 104 cm³/mol. The van der Waals surface area contributed by atoms with Crippen LogP contribution in [0.15, 0.2) is 55.1 Å². The zero-order valence-electron chi connectivity index (χ0n) is 15.6. The van der Waals surface area contributed by atoms with Gasteiger partial charge in [-0.1, -0.05) is 12.1 Å². The number of nitrogens with one attached hydrogen (secondary N) is 1. The van der Waals surface area contributed by atoms with E-state index in [1.807, 2.05) is 47.9 Å². The molecule has 6 heteroatoms. The van der Waals surface area contributed by atoms with Crippen molar-refractivity contribution in [3.8, 4) is 11.4 Å². The van der Waals surface area contributed by atoms with Crippen LogP contribution < -0.4 is 10.2 Å². The molecule has 0 unspecified atom stereocenters. The van der Waals surface area contributed by atoms with Crippen molar-refractivity contribution >= 4 is 11.0 Å². The molecule has 4 rings (SSSR count). The molecule has 0 spiro atoms. The summed E-state index contributed by atoms with van der Waals surface area (Å²) in [5.41, 5.74) is 5.34. The van der Waals surface area contributed by atoms with Crippen LogP contribution in [0.2, 0.25) is 0 Å². The van der Waals surface area contributed by atoms with E-state index in [1.54, 1.807) is 25.8 Å². The zero-order valence-corrected chi connectivity index (χ0v) is 15.6. The summed E-state index contributed by atoms with van der Waals surface area (Å²) < 4.78 is 9.46. The maximum Gasteiger partial charge on any atom is 0.150 e. The maximum absolute atomic E-state index is 8.76. The summed E-state index contributed by atoms with van der Waals surface area (Å²) >= 11 is 0. The number of hydrogen-bond donors (Lipinski definition) is 1. The van der Waals surface area contributed by atoms with Gasteiger partial charge in [-0.2, -0.15) is 0 Å². The number of nitrogens with zero attached hydrogens (tertiary/aromatic N) is 4. The Bertz CT molecular complexity index is 1170. The highest BCUT2D eigenvalue weighted by atomic mass is 16.5. The minimum Gasteiger partial charge on any atom is -0.495 e. The van der Waals surface area contributed by atoms with Crippen LogP contribution in [-0.4, -0.2) is 26.2 Å². The van der Waals surface area contributed by atoms with Gasteiger partial charge in [0.1, 0.15) is 11.2 Å². The molecule has 0 aliphatic rings. The molecule has 0 saturated carbocycles. The molecule has 0 bridgehead atoms. The smallest absolute Gasteiger partial charge is 0.150 e. The first kappa shape index (κ1) is 17.0. The number of rotatable bonds is 4. The Labute approximate surface area is 157 Å². The minimum atomic E-state index is 0.450. The molecule has 0 atom stereocenters. The summed E-state index contributed by atoms with van der Waals surface area (Å²) in [6, 6.07) is 11.8. The lowest BCUT2D eigenvalue weighted by atomic mass is 10.2. The second-order valence-corrected chi connectivity index (χ2v) is 6.49. The lowest BCUT2D eigenvalue weighted by Gasteiger charge is -2.13. The van der Waals surface area contributed by atoms with Crippen LogP contribution in [0.1, 0.15) is 16.8 Å². The molecule has 0 fully saturated rings. The first-order valence-corrected chi connectivity index (χ1v) is 8.75. The maximum atomic E-state index is 8.76. The standard InChI is InChI=1S/C21H21N5O/c1-14-15(2)26(17-6-4-5-7-18(17)27-3)21-19(14)20(22)25(13-24-21)12-16-8-10-23-11-9-16/h4-11,13,22H,12H2,1-3H3. The Hall–Kier alpha value is -3.41. The van der Waals surface area contributed by atoms with Crippen LogP contribution in [0, 0.1) is 19.3 Å². The Morgan fingerprint density at radius 1 is 1.07 bits per heavy atom. The molecular formula is C21H21N5O. The second kappa shape index (κ2) is 6.72. The summed E-state index contributed by atoms with van der Waals surface area (Å²) in [7, 11) is 1.67. The van der Waals surface area contributed by atoms with Crippen LogP contribution in [0.5, 0.6) is 5.75 Å². The van der Waals surface area contributed by atoms with E-state index in [4.69, 9.17) is 15.1 Å². The highest BCUT2D eigenvalue weighted by molar-refractivity contribution is 5.83. The third-order valence-electron chi connectivity index (χ3n) is 4.96. The Balaban J connectivity index is 1.93. The predicted octanol–water partition coefficient (Wildman–Crippen LogP) is 3.38. The van der Waals surface area contributed by atoms with E-state index in [-0.39, 0.29) is 0 Å². The number of aromatic nitrogens is 4. The van der Waals surface area contributed by atoms with Crippen molar-refractivity contribution < 1.29 is 4.74 Å².